The summed E-state index contributed by atoms with van der Waals surface area (Å²) in [6.07, 6.45) is 8.15. The number of hydrogen-bond acceptors (Lipinski definition) is 6. The molecule has 0 fully saturated rings. The van der Waals surface area contributed by atoms with Gasteiger partial charge in [-0.05, 0) is 85.2 Å². The van der Waals surface area contributed by atoms with Gasteiger partial charge in [-0.1, -0.05) is 18.2 Å². The summed E-state index contributed by atoms with van der Waals surface area (Å²) in [6.45, 7) is 5.35. The molecule has 5 N–H and O–H groups in total. The van der Waals surface area contributed by atoms with Crippen LogP contribution in [0.25, 0.3) is 0 Å². The minimum absolute atomic E-state index is 0.0440. The van der Waals surface area contributed by atoms with E-state index in [0.717, 1.165) is 9.13 Å². The third kappa shape index (κ3) is 9.16. The Morgan fingerprint density at radius 2 is 1.86 bits per heavy atom. The highest BCUT2D eigenvalue weighted by Crippen LogP contribution is 2.14. The smallest absolute Gasteiger partial charge is 0.267 e. The van der Waals surface area contributed by atoms with E-state index in [1.54, 1.807) is 39.1 Å². The predicted molar refractivity (Wildman–Crippen MR) is 124 cm³/mol. The molecule has 0 aromatic heterocycles. The number of hydrogen-bond donors (Lipinski definition) is 4. The molecule has 0 aliphatic heterocycles. The summed E-state index contributed by atoms with van der Waals surface area (Å²) in [7, 11) is 0. The monoisotopic (exact) mass is 510 g/mol. The first-order valence-corrected chi connectivity index (χ1v) is 10.1. The van der Waals surface area contributed by atoms with Crippen LogP contribution in [0.5, 0.6) is 0 Å². The van der Waals surface area contributed by atoms with Crippen LogP contribution in [0, 0.1) is 3.57 Å². The highest BCUT2D eigenvalue weighted by molar-refractivity contribution is 14.1. The Hall–Kier alpha value is -2.30. The van der Waals surface area contributed by atoms with E-state index >= 15 is 0 Å². The quantitative estimate of drug-likeness (QED) is 0.0965. The van der Waals surface area contributed by atoms with Crippen LogP contribution in [0.2, 0.25) is 0 Å². The van der Waals surface area contributed by atoms with Crippen molar-refractivity contribution >= 4 is 40.5 Å². The van der Waals surface area contributed by atoms with Crippen LogP contribution < -0.4 is 16.5 Å². The summed E-state index contributed by atoms with van der Waals surface area (Å²) < 4.78 is 1.13. The molecule has 1 atom stereocenters. The average Bonchev–Trinajstić information content (AvgIpc) is 2.71. The van der Waals surface area contributed by atoms with Gasteiger partial charge in [-0.25, -0.2) is 10.5 Å². The van der Waals surface area contributed by atoms with Gasteiger partial charge < -0.3 is 11.1 Å². The molecule has 1 aromatic rings. The number of hydroxylamine groups is 1. The number of nitrogens with two attached hydrogens (primary N) is 1. The summed E-state index contributed by atoms with van der Waals surface area (Å²) in [5.74, 6) is -0.262. The Balaban J connectivity index is 2.68. The lowest BCUT2D eigenvalue weighted by atomic mass is 9.89. The molecule has 8 heteroatoms. The maximum Gasteiger partial charge on any atom is 0.267 e. The molecule has 0 saturated heterocycles. The third-order valence-corrected chi connectivity index (χ3v) is 4.77. The van der Waals surface area contributed by atoms with Crippen molar-refractivity contribution in [3.63, 3.8) is 0 Å². The first kappa shape index (κ1) is 24.7. The van der Waals surface area contributed by atoms with Gasteiger partial charge in [0.1, 0.15) is 5.82 Å². The molecule has 7 nitrogen and oxygen atoms in total. The fourth-order valence-corrected chi connectivity index (χ4v) is 2.65. The number of Topliss-reactive ketones (excluding diaryl/α,β-unsaturated/α-hetero) is 1. The third-order valence-electron chi connectivity index (χ3n) is 4.05. The zero-order valence-electron chi connectivity index (χ0n) is 16.8. The molecule has 0 radical (unpaired) electrons. The zero-order valence-corrected chi connectivity index (χ0v) is 18.9. The molecule has 1 aromatic carbocycles. The Bertz CT molecular complexity index is 825. The Morgan fingerprint density at radius 1 is 1.21 bits per heavy atom. The van der Waals surface area contributed by atoms with Gasteiger partial charge in [-0.15, -0.1) is 0 Å². The normalized spacial score (nSPS) is 14.8. The molecule has 1 unspecified atom stereocenters. The topological polar surface area (TPSA) is 117 Å². The van der Waals surface area contributed by atoms with E-state index in [2.05, 4.69) is 32.9 Å². The Labute approximate surface area is 185 Å². The second kappa shape index (κ2) is 12.3. The number of benzene rings is 1. The number of allylic oxidation sites excluding steroid dienone is 4. The van der Waals surface area contributed by atoms with Crippen LogP contribution in [-0.2, 0) is 16.0 Å². The Morgan fingerprint density at radius 3 is 2.41 bits per heavy atom. The number of carbonyl (C=O) groups excluding carboxylic acids is 2. The van der Waals surface area contributed by atoms with Gasteiger partial charge in [0.15, 0.2) is 5.78 Å². The number of halogens is 1. The van der Waals surface area contributed by atoms with Gasteiger partial charge in [0.2, 0.25) is 0 Å². The van der Waals surface area contributed by atoms with E-state index in [-0.39, 0.29) is 12.3 Å². The first-order valence-electron chi connectivity index (χ1n) is 9.01. The van der Waals surface area contributed by atoms with Gasteiger partial charge in [-0.3, -0.25) is 14.8 Å². The summed E-state index contributed by atoms with van der Waals surface area (Å²) >= 11 is 2.23. The Kier molecular flexibility index (Phi) is 10.5. The van der Waals surface area contributed by atoms with E-state index < -0.39 is 11.4 Å². The van der Waals surface area contributed by atoms with Crippen LogP contribution in [0.3, 0.4) is 0 Å². The minimum Gasteiger partial charge on any atom is -0.363 e. The van der Waals surface area contributed by atoms with E-state index in [1.165, 1.54) is 17.6 Å². The van der Waals surface area contributed by atoms with Gasteiger partial charge in [0.25, 0.3) is 5.91 Å². The lowest BCUT2D eigenvalue weighted by Gasteiger charge is -2.23. The lowest BCUT2D eigenvalue weighted by Crippen LogP contribution is -2.50. The minimum atomic E-state index is -1.00. The van der Waals surface area contributed by atoms with Crippen molar-refractivity contribution < 1.29 is 14.8 Å². The van der Waals surface area contributed by atoms with Crippen LogP contribution in [0.15, 0.2) is 65.0 Å². The fourth-order valence-electron chi connectivity index (χ4n) is 2.29. The van der Waals surface area contributed by atoms with Crippen LogP contribution in [0.4, 0.5) is 0 Å². The molecule has 1 amide bonds. The molecule has 0 spiro atoms. The maximum atomic E-state index is 12.6. The highest BCUT2D eigenvalue weighted by Gasteiger charge is 2.28. The number of nitrogens with zero attached hydrogens (tertiary/aromatic N) is 1. The summed E-state index contributed by atoms with van der Waals surface area (Å²) in [5.41, 5.74) is 8.43. The van der Waals surface area contributed by atoms with Crippen molar-refractivity contribution in [2.45, 2.75) is 32.7 Å². The van der Waals surface area contributed by atoms with Crippen LogP contribution >= 0.6 is 22.6 Å². The number of carbonyl (C=O) groups is 2. The van der Waals surface area contributed by atoms with Crippen molar-refractivity contribution in [2.24, 2.45) is 10.7 Å². The second-order valence-electron chi connectivity index (χ2n) is 6.53. The van der Waals surface area contributed by atoms with Crippen LogP contribution in [0.1, 0.15) is 26.3 Å². The van der Waals surface area contributed by atoms with Crippen molar-refractivity contribution in [2.75, 3.05) is 6.54 Å². The standard InChI is InChI=1S/C21H27IN4O3/c1-4-15(8-11-20(28)26-29)13-24-19(5-2)25-14-18(27)21(3,23)12-16-6-9-17(22)10-7-16/h4-11,13,25,29H,12,14,23H2,1-3H3,(H,26,28)/b11-8+,15-4?,19-5+,24-13?. The van der Waals surface area contributed by atoms with E-state index in [0.29, 0.717) is 17.8 Å². The van der Waals surface area contributed by atoms with E-state index in [4.69, 9.17) is 10.9 Å². The van der Waals surface area contributed by atoms with Gasteiger partial charge >= 0.3 is 0 Å². The van der Waals surface area contributed by atoms with Crippen LogP contribution in [-0.4, -0.2) is 35.2 Å². The molecule has 156 valence electrons. The first-order chi connectivity index (χ1) is 13.7. The predicted octanol–water partition coefficient (Wildman–Crippen LogP) is 2.65. The molecule has 0 saturated carbocycles. The molecule has 1 rings (SSSR count). The van der Waals surface area contributed by atoms with E-state index in [9.17, 15) is 9.59 Å². The van der Waals surface area contributed by atoms with Crippen molar-refractivity contribution in [3.8, 4) is 0 Å². The number of aliphatic imine (C=N–C) groups is 1. The zero-order chi connectivity index (χ0) is 21.9. The molecule has 0 heterocycles. The number of ketones is 1. The number of nitrogens with one attached hydrogen (secondary N) is 2. The van der Waals surface area contributed by atoms with E-state index in [1.807, 2.05) is 24.3 Å². The van der Waals surface area contributed by atoms with Crippen molar-refractivity contribution in [1.29, 1.82) is 0 Å². The highest BCUT2D eigenvalue weighted by atomic mass is 127. The van der Waals surface area contributed by atoms with Crippen molar-refractivity contribution in [3.05, 3.63) is 69.1 Å². The van der Waals surface area contributed by atoms with Gasteiger partial charge in [-0.2, -0.15) is 0 Å². The van der Waals surface area contributed by atoms with Gasteiger partial charge in [0, 0.05) is 15.9 Å². The number of rotatable bonds is 10. The summed E-state index contributed by atoms with van der Waals surface area (Å²) in [4.78, 5) is 27.9. The largest absolute Gasteiger partial charge is 0.363 e. The summed E-state index contributed by atoms with van der Waals surface area (Å²) in [6, 6.07) is 7.91. The molecule has 0 bridgehead atoms. The molecular weight excluding hydrogens is 483 g/mol. The summed E-state index contributed by atoms with van der Waals surface area (Å²) in [5, 5.41) is 11.5. The number of amides is 1. The lowest BCUT2D eigenvalue weighted by molar-refractivity contribution is -0.124. The SMILES string of the molecule is CC=C(C=N/C(=C\C)NCC(=O)C(C)(N)Cc1ccc(I)cc1)/C=C/C(=O)NO. The molecule has 29 heavy (non-hydrogen) atoms. The molecule has 0 aliphatic rings. The molecule has 0 aliphatic carbocycles. The fraction of sp³-hybridized carbons (Fsp3) is 0.286. The maximum absolute atomic E-state index is 12.6. The average molecular weight is 510 g/mol. The second-order valence-corrected chi connectivity index (χ2v) is 7.77. The molecular formula is C21H27IN4O3. The van der Waals surface area contributed by atoms with Crippen molar-refractivity contribution in [1.82, 2.24) is 10.8 Å². The van der Waals surface area contributed by atoms with Gasteiger partial charge in [0.05, 0.1) is 12.1 Å².